The maximum absolute atomic E-state index is 11.5. The van der Waals surface area contributed by atoms with Gasteiger partial charge < -0.3 is 14.8 Å². The molecule has 1 saturated carbocycles. The van der Waals surface area contributed by atoms with Gasteiger partial charge in [-0.25, -0.2) is 0 Å². The van der Waals surface area contributed by atoms with Crippen molar-refractivity contribution in [2.75, 3.05) is 19.0 Å². The molecule has 0 bridgehead atoms. The lowest BCUT2D eigenvalue weighted by molar-refractivity contribution is -0.145. The zero-order valence-electron chi connectivity index (χ0n) is 11.3. The molecule has 1 aliphatic rings. The second kappa shape index (κ2) is 6.36. The van der Waals surface area contributed by atoms with Gasteiger partial charge in [0.25, 0.3) is 0 Å². The number of carbonyl (C=O) groups is 1. The molecule has 1 heterocycles. The Balaban J connectivity index is 1.91. The Bertz CT molecular complexity index is 439. The third kappa shape index (κ3) is 3.56. The van der Waals surface area contributed by atoms with Gasteiger partial charge in [-0.1, -0.05) is 0 Å². The van der Waals surface area contributed by atoms with E-state index < -0.39 is 0 Å². The number of anilines is 1. The highest BCUT2D eigenvalue weighted by molar-refractivity contribution is 5.72. The minimum absolute atomic E-state index is 0.00877. The fourth-order valence-electron chi connectivity index (χ4n) is 2.34. The first-order valence-electron chi connectivity index (χ1n) is 6.52. The minimum atomic E-state index is -0.126. The molecule has 1 N–H and O–H groups in total. The molecule has 1 aromatic heterocycles. The summed E-state index contributed by atoms with van der Waals surface area (Å²) in [4.78, 5) is 19.8. The molecule has 0 aliphatic heterocycles. The number of methoxy groups -OCH3 is 1. The number of hydrogen-bond acceptors (Lipinski definition) is 6. The van der Waals surface area contributed by atoms with Crippen molar-refractivity contribution in [1.29, 1.82) is 0 Å². The van der Waals surface area contributed by atoms with Gasteiger partial charge >= 0.3 is 5.97 Å². The molecule has 0 spiro atoms. The summed E-state index contributed by atoms with van der Waals surface area (Å²) in [5.41, 5.74) is 0. The number of aromatic nitrogens is 2. The van der Waals surface area contributed by atoms with Gasteiger partial charge in [0.2, 0.25) is 5.88 Å². The predicted octanol–water partition coefficient (Wildman–Crippen LogP) is 1.63. The van der Waals surface area contributed by atoms with E-state index in [-0.39, 0.29) is 17.9 Å². The van der Waals surface area contributed by atoms with Crippen molar-refractivity contribution >= 4 is 11.8 Å². The molecule has 0 amide bonds. The second-order valence-electron chi connectivity index (χ2n) is 4.55. The van der Waals surface area contributed by atoms with Gasteiger partial charge in [-0.15, -0.1) is 0 Å². The zero-order valence-corrected chi connectivity index (χ0v) is 11.3. The van der Waals surface area contributed by atoms with E-state index in [0.717, 1.165) is 19.3 Å². The van der Waals surface area contributed by atoms with E-state index >= 15 is 0 Å². The molecule has 1 fully saturated rings. The van der Waals surface area contributed by atoms with Gasteiger partial charge in [-0.2, -0.15) is 4.98 Å². The molecule has 1 aliphatic carbocycles. The molecule has 6 heteroatoms. The Morgan fingerprint density at radius 2 is 2.32 bits per heavy atom. The summed E-state index contributed by atoms with van der Waals surface area (Å²) in [6, 6.07) is 0.232. The van der Waals surface area contributed by atoms with Crippen molar-refractivity contribution < 1.29 is 14.3 Å². The van der Waals surface area contributed by atoms with Crippen LogP contribution in [-0.4, -0.2) is 35.7 Å². The third-order valence-corrected chi connectivity index (χ3v) is 3.22. The number of nitrogens with one attached hydrogen (secondary N) is 1. The van der Waals surface area contributed by atoms with Crippen molar-refractivity contribution in [2.24, 2.45) is 5.92 Å². The van der Waals surface area contributed by atoms with Crippen molar-refractivity contribution in [3.63, 3.8) is 0 Å². The average molecular weight is 265 g/mol. The van der Waals surface area contributed by atoms with Crippen LogP contribution in [0.1, 0.15) is 26.2 Å². The van der Waals surface area contributed by atoms with E-state index in [1.54, 1.807) is 12.4 Å². The van der Waals surface area contributed by atoms with E-state index in [2.05, 4.69) is 15.3 Å². The summed E-state index contributed by atoms with van der Waals surface area (Å²) in [5.74, 6) is 1.06. The van der Waals surface area contributed by atoms with Crippen LogP contribution in [-0.2, 0) is 9.53 Å². The Kier molecular flexibility index (Phi) is 4.54. The molecule has 104 valence electrons. The maximum Gasteiger partial charge on any atom is 0.308 e. The van der Waals surface area contributed by atoms with E-state index in [9.17, 15) is 4.79 Å². The summed E-state index contributed by atoms with van der Waals surface area (Å²) < 4.78 is 10.1. The molecule has 2 atom stereocenters. The van der Waals surface area contributed by atoms with Gasteiger partial charge in [0.15, 0.2) is 0 Å². The molecule has 2 rings (SSSR count). The molecule has 0 radical (unpaired) electrons. The Labute approximate surface area is 112 Å². The minimum Gasteiger partial charge on any atom is -0.477 e. The van der Waals surface area contributed by atoms with E-state index in [1.807, 2.05) is 6.92 Å². The highest BCUT2D eigenvalue weighted by atomic mass is 16.5. The first-order chi connectivity index (χ1) is 9.22. The lowest BCUT2D eigenvalue weighted by Crippen LogP contribution is -2.19. The Morgan fingerprint density at radius 1 is 1.47 bits per heavy atom. The number of ether oxygens (including phenoxy) is 2. The largest absolute Gasteiger partial charge is 0.477 e. The molecule has 0 saturated heterocycles. The molecule has 19 heavy (non-hydrogen) atoms. The third-order valence-electron chi connectivity index (χ3n) is 3.22. The summed E-state index contributed by atoms with van der Waals surface area (Å²) >= 11 is 0. The lowest BCUT2D eigenvalue weighted by atomic mass is 10.1. The normalized spacial score (nSPS) is 22.0. The summed E-state index contributed by atoms with van der Waals surface area (Å²) in [5, 5.41) is 3.29. The van der Waals surface area contributed by atoms with Crippen LogP contribution in [0.25, 0.3) is 0 Å². The lowest BCUT2D eigenvalue weighted by Gasteiger charge is -2.13. The zero-order chi connectivity index (χ0) is 13.7. The van der Waals surface area contributed by atoms with Crippen LogP contribution in [0.2, 0.25) is 0 Å². The first-order valence-corrected chi connectivity index (χ1v) is 6.52. The van der Waals surface area contributed by atoms with Crippen LogP contribution in [0.4, 0.5) is 5.82 Å². The fraction of sp³-hybridized carbons (Fsp3) is 0.615. The van der Waals surface area contributed by atoms with E-state index in [0.29, 0.717) is 18.3 Å². The fourth-order valence-corrected chi connectivity index (χ4v) is 2.34. The predicted molar refractivity (Wildman–Crippen MR) is 70.0 cm³/mol. The smallest absolute Gasteiger partial charge is 0.308 e. The van der Waals surface area contributed by atoms with E-state index in [4.69, 9.17) is 9.47 Å². The summed E-state index contributed by atoms with van der Waals surface area (Å²) in [6.45, 7) is 2.46. The van der Waals surface area contributed by atoms with Crippen LogP contribution >= 0.6 is 0 Å². The number of carbonyl (C=O) groups excluding carboxylic acids is 1. The molecule has 0 unspecified atom stereocenters. The van der Waals surface area contributed by atoms with Crippen molar-refractivity contribution in [2.45, 2.75) is 32.2 Å². The molecular formula is C13H19N3O3. The van der Waals surface area contributed by atoms with Crippen LogP contribution in [0.15, 0.2) is 12.4 Å². The highest BCUT2D eigenvalue weighted by Crippen LogP contribution is 2.28. The Hall–Kier alpha value is -1.85. The summed E-state index contributed by atoms with van der Waals surface area (Å²) in [7, 11) is 1.43. The highest BCUT2D eigenvalue weighted by Gasteiger charge is 2.30. The number of hydrogen-bond donors (Lipinski definition) is 1. The number of nitrogens with zero attached hydrogens (tertiary/aromatic N) is 2. The monoisotopic (exact) mass is 265 g/mol. The van der Waals surface area contributed by atoms with Gasteiger partial charge in [-0.05, 0) is 26.2 Å². The maximum atomic E-state index is 11.5. The van der Waals surface area contributed by atoms with Gasteiger partial charge in [-0.3, -0.25) is 9.78 Å². The van der Waals surface area contributed by atoms with Gasteiger partial charge in [0.05, 0.1) is 32.0 Å². The Morgan fingerprint density at radius 3 is 3.05 bits per heavy atom. The standard InChI is InChI=1S/C13H19N3O3/c1-3-19-12-8-14-7-11(16-12)15-10-5-4-9(6-10)13(17)18-2/h7-10H,3-6H2,1-2H3,(H,15,16)/t9-,10+/m0/s1. The van der Waals surface area contributed by atoms with Crippen LogP contribution in [0.3, 0.4) is 0 Å². The van der Waals surface area contributed by atoms with Crippen molar-refractivity contribution in [3.05, 3.63) is 12.4 Å². The molecule has 0 aromatic carbocycles. The topological polar surface area (TPSA) is 73.3 Å². The number of esters is 1. The van der Waals surface area contributed by atoms with Crippen LogP contribution in [0, 0.1) is 5.92 Å². The average Bonchev–Trinajstić information content (AvgIpc) is 2.87. The van der Waals surface area contributed by atoms with Crippen molar-refractivity contribution in [1.82, 2.24) is 9.97 Å². The molecular weight excluding hydrogens is 246 g/mol. The van der Waals surface area contributed by atoms with Gasteiger partial charge in [0, 0.05) is 6.04 Å². The SMILES string of the molecule is CCOc1cncc(N[C@@H]2CC[C@H](C(=O)OC)C2)n1. The van der Waals surface area contributed by atoms with Crippen LogP contribution in [0.5, 0.6) is 5.88 Å². The quantitative estimate of drug-likeness (QED) is 0.816. The van der Waals surface area contributed by atoms with E-state index in [1.165, 1.54) is 7.11 Å². The number of rotatable bonds is 5. The van der Waals surface area contributed by atoms with Gasteiger partial charge in [0.1, 0.15) is 5.82 Å². The molecule has 6 nitrogen and oxygen atoms in total. The molecule has 1 aromatic rings. The summed E-state index contributed by atoms with van der Waals surface area (Å²) in [6.07, 6.45) is 5.80. The van der Waals surface area contributed by atoms with Crippen LogP contribution < -0.4 is 10.1 Å². The van der Waals surface area contributed by atoms with Crippen molar-refractivity contribution in [3.8, 4) is 5.88 Å². The second-order valence-corrected chi connectivity index (χ2v) is 4.55. The first kappa shape index (κ1) is 13.6.